The molecule has 3 N–H and O–H groups in total. The predicted molar refractivity (Wildman–Crippen MR) is 83.3 cm³/mol. The topological polar surface area (TPSA) is 63.3 Å². The summed E-state index contributed by atoms with van der Waals surface area (Å²) in [5, 5.41) is 10.0. The van der Waals surface area contributed by atoms with Crippen molar-refractivity contribution in [1.82, 2.24) is 0 Å². The molecule has 0 aliphatic heterocycles. The number of benzene rings is 2. The summed E-state index contributed by atoms with van der Waals surface area (Å²) in [4.78, 5) is 11.5. The number of hydrogen-bond donors (Lipinski definition) is 2. The Morgan fingerprint density at radius 3 is 2.53 bits per heavy atom. The first-order valence-corrected chi connectivity index (χ1v) is 6.95. The van der Waals surface area contributed by atoms with Crippen LogP contribution in [0.2, 0.25) is 0 Å². The lowest BCUT2D eigenvalue weighted by molar-refractivity contribution is 0.0999. The Labute approximate surface area is 125 Å². The maximum atomic E-state index is 11.5. The number of amides is 1. The fraction of sp³-hybridized carbons (Fsp3) is 0.133. The summed E-state index contributed by atoms with van der Waals surface area (Å²) in [5.74, 6) is -0.313. The summed E-state index contributed by atoms with van der Waals surface area (Å²) in [7, 11) is 0. The molecule has 0 radical (unpaired) electrons. The third-order valence-electron chi connectivity index (χ3n) is 3.15. The van der Waals surface area contributed by atoms with Crippen LogP contribution in [0.3, 0.4) is 0 Å². The Morgan fingerprint density at radius 2 is 1.89 bits per heavy atom. The summed E-state index contributed by atoms with van der Waals surface area (Å²) in [6, 6.07) is 12.7. The fourth-order valence-corrected chi connectivity index (χ4v) is 2.62. The lowest BCUT2D eigenvalue weighted by Gasteiger charge is -2.16. The van der Waals surface area contributed by atoms with Crippen LogP contribution in [-0.2, 0) is 0 Å². The molecule has 2 rings (SSSR count). The van der Waals surface area contributed by atoms with Gasteiger partial charge in [0.15, 0.2) is 0 Å². The number of phenolic OH excluding ortho intramolecular Hbond substituents is 1. The first kappa shape index (κ1) is 13.9. The number of phenols is 1. The molecule has 3 nitrogen and oxygen atoms in total. The number of hydrogen-bond acceptors (Lipinski definition) is 2. The van der Waals surface area contributed by atoms with E-state index in [1.54, 1.807) is 18.2 Å². The van der Waals surface area contributed by atoms with Crippen LogP contribution in [0.4, 0.5) is 0 Å². The van der Waals surface area contributed by atoms with Gasteiger partial charge < -0.3 is 10.8 Å². The van der Waals surface area contributed by atoms with E-state index in [-0.39, 0.29) is 11.7 Å². The monoisotopic (exact) mass is 367 g/mol. The van der Waals surface area contributed by atoms with E-state index in [4.69, 9.17) is 5.73 Å². The quantitative estimate of drug-likeness (QED) is 0.819. The second-order valence-corrected chi connectivity index (χ2v) is 5.62. The van der Waals surface area contributed by atoms with Crippen LogP contribution < -0.4 is 5.73 Å². The van der Waals surface area contributed by atoms with Crippen molar-refractivity contribution < 1.29 is 9.90 Å². The van der Waals surface area contributed by atoms with Crippen LogP contribution in [0.25, 0.3) is 0 Å². The third-order valence-corrected chi connectivity index (χ3v) is 3.82. The van der Waals surface area contributed by atoms with E-state index in [9.17, 15) is 9.90 Å². The van der Waals surface area contributed by atoms with Crippen molar-refractivity contribution in [3.8, 4) is 5.75 Å². The van der Waals surface area contributed by atoms with E-state index in [0.29, 0.717) is 5.56 Å². The predicted octanol–water partition coefficient (Wildman–Crippen LogP) is 3.25. The highest BCUT2D eigenvalue weighted by Gasteiger charge is 2.17. The van der Waals surface area contributed by atoms with Crippen LogP contribution in [0, 0.1) is 3.57 Å². The van der Waals surface area contributed by atoms with Crippen molar-refractivity contribution in [1.29, 1.82) is 0 Å². The van der Waals surface area contributed by atoms with E-state index in [2.05, 4.69) is 22.6 Å². The third kappa shape index (κ3) is 2.89. The van der Waals surface area contributed by atoms with Gasteiger partial charge in [-0.15, -0.1) is 0 Å². The summed E-state index contributed by atoms with van der Waals surface area (Å²) in [6.45, 7) is 1.95. The number of aromatic hydroxyl groups is 1. The highest BCUT2D eigenvalue weighted by atomic mass is 127. The molecule has 4 heteroatoms. The lowest BCUT2D eigenvalue weighted by Crippen LogP contribution is -2.15. The Hall–Kier alpha value is -1.56. The Morgan fingerprint density at radius 1 is 1.21 bits per heavy atom. The fourth-order valence-electron chi connectivity index (χ4n) is 2.15. The second-order valence-electron chi connectivity index (χ2n) is 4.38. The Kier molecular flexibility index (Phi) is 4.09. The molecule has 0 spiro atoms. The van der Waals surface area contributed by atoms with E-state index >= 15 is 0 Å². The van der Waals surface area contributed by atoms with Crippen LogP contribution >= 0.6 is 22.6 Å². The number of carbonyl (C=O) groups excluding carboxylic acids is 1. The molecule has 0 aliphatic carbocycles. The minimum atomic E-state index is -0.451. The molecule has 0 aliphatic rings. The van der Waals surface area contributed by atoms with Gasteiger partial charge in [0, 0.05) is 20.6 Å². The van der Waals surface area contributed by atoms with Gasteiger partial charge in [-0.05, 0) is 46.4 Å². The summed E-state index contributed by atoms with van der Waals surface area (Å²) in [6.07, 6.45) is 0. The summed E-state index contributed by atoms with van der Waals surface area (Å²) >= 11 is 2.14. The van der Waals surface area contributed by atoms with Gasteiger partial charge in [0.25, 0.3) is 0 Å². The molecule has 1 amide bonds. The molecule has 0 heterocycles. The van der Waals surface area contributed by atoms with Gasteiger partial charge in [0.2, 0.25) is 5.91 Å². The number of rotatable bonds is 3. The Balaban J connectivity index is 2.50. The molecule has 1 atom stereocenters. The maximum Gasteiger partial charge on any atom is 0.248 e. The molecule has 19 heavy (non-hydrogen) atoms. The number of carbonyl (C=O) groups is 1. The van der Waals surface area contributed by atoms with Gasteiger partial charge in [-0.2, -0.15) is 0 Å². The highest BCUT2D eigenvalue weighted by Crippen LogP contribution is 2.33. The maximum absolute atomic E-state index is 11.5. The van der Waals surface area contributed by atoms with Gasteiger partial charge >= 0.3 is 0 Å². The minimum absolute atomic E-state index is 0.0966. The average molecular weight is 367 g/mol. The molecule has 2 aromatic rings. The highest BCUT2D eigenvalue weighted by molar-refractivity contribution is 14.1. The molecule has 0 bridgehead atoms. The molecular formula is C15H14INO2. The number of halogens is 1. The van der Waals surface area contributed by atoms with Crippen molar-refractivity contribution in [2.75, 3.05) is 0 Å². The zero-order chi connectivity index (χ0) is 14.0. The van der Waals surface area contributed by atoms with Gasteiger partial charge in [0.1, 0.15) is 5.75 Å². The molecule has 98 valence electrons. The standard InChI is InChI=1S/C15H14INO2/c1-9(12-7-6-10(16)8-14(12)18)11-4-2-3-5-13(11)15(17)19/h2-9,18H,1H3,(H2,17,19). The van der Waals surface area contributed by atoms with Crippen molar-refractivity contribution in [2.24, 2.45) is 5.73 Å². The normalized spacial score (nSPS) is 12.1. The van der Waals surface area contributed by atoms with Crippen LogP contribution in [0.15, 0.2) is 42.5 Å². The van der Waals surface area contributed by atoms with Crippen molar-refractivity contribution in [2.45, 2.75) is 12.8 Å². The first-order valence-electron chi connectivity index (χ1n) is 5.88. The lowest BCUT2D eigenvalue weighted by atomic mass is 9.89. The average Bonchev–Trinajstić information content (AvgIpc) is 2.38. The molecule has 0 saturated heterocycles. The summed E-state index contributed by atoms with van der Waals surface area (Å²) in [5.41, 5.74) is 7.50. The van der Waals surface area contributed by atoms with Crippen LogP contribution in [0.1, 0.15) is 34.3 Å². The number of nitrogens with two attached hydrogens (primary N) is 1. The zero-order valence-corrected chi connectivity index (χ0v) is 12.6. The molecule has 0 aromatic heterocycles. The van der Waals surface area contributed by atoms with Gasteiger partial charge in [0.05, 0.1) is 0 Å². The van der Waals surface area contributed by atoms with Crippen LogP contribution in [-0.4, -0.2) is 11.0 Å². The molecular weight excluding hydrogens is 353 g/mol. The minimum Gasteiger partial charge on any atom is -0.508 e. The smallest absolute Gasteiger partial charge is 0.248 e. The van der Waals surface area contributed by atoms with E-state index in [1.165, 1.54) is 0 Å². The van der Waals surface area contributed by atoms with Crippen molar-refractivity contribution in [3.05, 3.63) is 62.7 Å². The number of primary amides is 1. The zero-order valence-electron chi connectivity index (χ0n) is 10.4. The first-order chi connectivity index (χ1) is 9.00. The van der Waals surface area contributed by atoms with Crippen LogP contribution in [0.5, 0.6) is 5.75 Å². The summed E-state index contributed by atoms with van der Waals surface area (Å²) < 4.78 is 0.967. The van der Waals surface area contributed by atoms with Gasteiger partial charge in [-0.3, -0.25) is 4.79 Å². The Bertz CT molecular complexity index is 625. The molecule has 1 unspecified atom stereocenters. The van der Waals surface area contributed by atoms with Gasteiger partial charge in [-0.1, -0.05) is 31.2 Å². The molecule has 0 saturated carbocycles. The van der Waals surface area contributed by atoms with E-state index in [0.717, 1.165) is 14.7 Å². The van der Waals surface area contributed by atoms with E-state index < -0.39 is 5.91 Å². The molecule has 0 fully saturated rings. The molecule has 2 aromatic carbocycles. The van der Waals surface area contributed by atoms with Crippen molar-refractivity contribution in [3.63, 3.8) is 0 Å². The largest absolute Gasteiger partial charge is 0.508 e. The van der Waals surface area contributed by atoms with Crippen molar-refractivity contribution >= 4 is 28.5 Å². The van der Waals surface area contributed by atoms with E-state index in [1.807, 2.05) is 31.2 Å². The SMILES string of the molecule is CC(c1ccc(I)cc1O)c1ccccc1C(N)=O. The van der Waals surface area contributed by atoms with Gasteiger partial charge in [-0.25, -0.2) is 0 Å². The second kappa shape index (κ2) is 5.61.